The molecule has 5 heteroatoms. The first kappa shape index (κ1) is 12.6. The van der Waals surface area contributed by atoms with Crippen molar-refractivity contribution >= 4 is 35.1 Å². The lowest BCUT2D eigenvalue weighted by molar-refractivity contribution is 0.222. The fourth-order valence-electron chi connectivity index (χ4n) is 1.87. The number of urea groups is 1. The number of carbonyl (C=O) groups is 1. The molecule has 1 aliphatic rings. The molecule has 0 saturated carbocycles. The van der Waals surface area contributed by atoms with Crippen molar-refractivity contribution in [3.05, 3.63) is 23.2 Å². The summed E-state index contributed by atoms with van der Waals surface area (Å²) in [5.41, 5.74) is 0.754. The van der Waals surface area contributed by atoms with Gasteiger partial charge in [-0.1, -0.05) is 11.6 Å². The lowest BCUT2D eigenvalue weighted by Gasteiger charge is -2.16. The first-order valence-corrected chi connectivity index (χ1v) is 7.20. The highest BCUT2D eigenvalue weighted by atomic mass is 35.5. The summed E-state index contributed by atoms with van der Waals surface area (Å²) in [7, 11) is 0. The quantitative estimate of drug-likeness (QED) is 0.832. The van der Waals surface area contributed by atoms with Crippen LogP contribution in [-0.2, 0) is 0 Å². The van der Waals surface area contributed by atoms with Gasteiger partial charge >= 0.3 is 6.03 Å². The number of amides is 2. The molecular weight excluding hydrogens is 256 g/mol. The average molecular weight is 271 g/mol. The van der Waals surface area contributed by atoms with Crippen LogP contribution >= 0.6 is 23.4 Å². The third kappa shape index (κ3) is 3.07. The molecule has 17 heavy (non-hydrogen) atoms. The number of hydrogen-bond acceptors (Lipinski definition) is 2. The van der Waals surface area contributed by atoms with Crippen molar-refractivity contribution in [1.29, 1.82) is 0 Å². The summed E-state index contributed by atoms with van der Waals surface area (Å²) >= 11 is 7.68. The molecule has 0 atom stereocenters. The summed E-state index contributed by atoms with van der Waals surface area (Å²) in [5.74, 6) is 0. The van der Waals surface area contributed by atoms with Crippen LogP contribution in [0.4, 0.5) is 10.5 Å². The van der Waals surface area contributed by atoms with E-state index in [2.05, 4.69) is 5.32 Å². The molecule has 0 radical (unpaired) electrons. The smallest absolute Gasteiger partial charge is 0.321 e. The highest BCUT2D eigenvalue weighted by Crippen LogP contribution is 2.28. The van der Waals surface area contributed by atoms with E-state index < -0.39 is 0 Å². The van der Waals surface area contributed by atoms with E-state index in [-0.39, 0.29) is 6.03 Å². The monoisotopic (exact) mass is 270 g/mol. The third-order valence-corrected chi connectivity index (χ3v) is 4.02. The summed E-state index contributed by atoms with van der Waals surface area (Å²) in [6.07, 6.45) is 4.17. The molecule has 3 nitrogen and oxygen atoms in total. The molecule has 0 bridgehead atoms. The van der Waals surface area contributed by atoms with Gasteiger partial charge in [0, 0.05) is 23.7 Å². The van der Waals surface area contributed by atoms with E-state index in [1.807, 2.05) is 23.3 Å². The van der Waals surface area contributed by atoms with Gasteiger partial charge in [-0.25, -0.2) is 4.79 Å². The van der Waals surface area contributed by atoms with Crippen LogP contribution in [0.15, 0.2) is 23.1 Å². The molecule has 0 aliphatic carbocycles. The standard InChI is InChI=1S/C12H15ClN2OS/c1-17-11-5-4-9(8-10(11)13)14-12(16)15-6-2-3-7-15/h4-5,8H,2-3,6-7H2,1H3,(H,14,16). The minimum atomic E-state index is -0.0320. The van der Waals surface area contributed by atoms with E-state index in [0.29, 0.717) is 5.02 Å². The predicted molar refractivity (Wildman–Crippen MR) is 73.1 cm³/mol. The fraction of sp³-hybridized carbons (Fsp3) is 0.417. The van der Waals surface area contributed by atoms with Gasteiger partial charge in [-0.05, 0) is 37.3 Å². The number of benzene rings is 1. The molecule has 1 saturated heterocycles. The molecule has 0 unspecified atom stereocenters. The van der Waals surface area contributed by atoms with Crippen molar-refractivity contribution in [2.24, 2.45) is 0 Å². The Morgan fingerprint density at radius 2 is 2.12 bits per heavy atom. The Morgan fingerprint density at radius 3 is 2.71 bits per heavy atom. The lowest BCUT2D eigenvalue weighted by atomic mass is 10.3. The molecular formula is C12H15ClN2OS. The Kier molecular flexibility index (Phi) is 4.18. The molecule has 1 aromatic carbocycles. The maximum Gasteiger partial charge on any atom is 0.321 e. The summed E-state index contributed by atoms with van der Waals surface area (Å²) in [6, 6.07) is 5.56. The molecule has 2 rings (SSSR count). The van der Waals surface area contributed by atoms with E-state index in [9.17, 15) is 4.79 Å². The van der Waals surface area contributed by atoms with E-state index in [1.165, 1.54) is 0 Å². The van der Waals surface area contributed by atoms with Gasteiger partial charge in [-0.2, -0.15) is 0 Å². The van der Waals surface area contributed by atoms with Gasteiger partial charge in [0.05, 0.1) is 5.02 Å². The Morgan fingerprint density at radius 1 is 1.41 bits per heavy atom. The molecule has 1 aliphatic heterocycles. The van der Waals surface area contributed by atoms with Crippen LogP contribution < -0.4 is 5.32 Å². The molecule has 1 aromatic rings. The second-order valence-corrected chi connectivity index (χ2v) is 5.23. The number of carbonyl (C=O) groups excluding carboxylic acids is 1. The molecule has 1 fully saturated rings. The van der Waals surface area contributed by atoms with Gasteiger partial charge in [-0.15, -0.1) is 11.8 Å². The van der Waals surface area contributed by atoms with Crippen LogP contribution in [-0.4, -0.2) is 30.3 Å². The summed E-state index contributed by atoms with van der Waals surface area (Å²) in [6.45, 7) is 1.70. The zero-order valence-electron chi connectivity index (χ0n) is 9.70. The molecule has 1 N–H and O–H groups in total. The Hall–Kier alpha value is -0.870. The van der Waals surface area contributed by atoms with Crippen molar-refractivity contribution in [3.63, 3.8) is 0 Å². The van der Waals surface area contributed by atoms with Crippen LogP contribution in [0.1, 0.15) is 12.8 Å². The van der Waals surface area contributed by atoms with Gasteiger partial charge < -0.3 is 10.2 Å². The number of rotatable bonds is 2. The second kappa shape index (κ2) is 5.65. The number of hydrogen-bond donors (Lipinski definition) is 1. The molecule has 0 spiro atoms. The van der Waals surface area contributed by atoms with Gasteiger partial charge in [-0.3, -0.25) is 0 Å². The van der Waals surface area contributed by atoms with Gasteiger partial charge in [0.2, 0.25) is 0 Å². The predicted octanol–water partition coefficient (Wildman–Crippen LogP) is 3.69. The Bertz CT molecular complexity index is 419. The molecule has 0 aromatic heterocycles. The number of likely N-dealkylation sites (tertiary alicyclic amines) is 1. The van der Waals surface area contributed by atoms with E-state index >= 15 is 0 Å². The van der Waals surface area contributed by atoms with Crippen LogP contribution in [0, 0.1) is 0 Å². The second-order valence-electron chi connectivity index (χ2n) is 3.97. The number of nitrogens with zero attached hydrogens (tertiary/aromatic N) is 1. The van der Waals surface area contributed by atoms with Crippen molar-refractivity contribution in [1.82, 2.24) is 4.90 Å². The Balaban J connectivity index is 2.03. The summed E-state index contributed by atoms with van der Waals surface area (Å²) in [4.78, 5) is 14.7. The number of thioether (sulfide) groups is 1. The zero-order chi connectivity index (χ0) is 12.3. The lowest BCUT2D eigenvalue weighted by Crippen LogP contribution is -2.32. The highest BCUT2D eigenvalue weighted by Gasteiger charge is 2.17. The number of halogens is 1. The first-order valence-electron chi connectivity index (χ1n) is 5.60. The average Bonchev–Trinajstić information content (AvgIpc) is 2.82. The Labute approximate surface area is 111 Å². The van der Waals surface area contributed by atoms with Crippen LogP contribution in [0.3, 0.4) is 0 Å². The largest absolute Gasteiger partial charge is 0.325 e. The van der Waals surface area contributed by atoms with Crippen LogP contribution in [0.2, 0.25) is 5.02 Å². The minimum Gasteiger partial charge on any atom is -0.325 e. The fourth-order valence-corrected chi connectivity index (χ4v) is 2.74. The first-order chi connectivity index (χ1) is 8.20. The van der Waals surface area contributed by atoms with E-state index in [4.69, 9.17) is 11.6 Å². The van der Waals surface area contributed by atoms with Crippen molar-refractivity contribution in [2.45, 2.75) is 17.7 Å². The van der Waals surface area contributed by atoms with Gasteiger partial charge in [0.15, 0.2) is 0 Å². The summed E-state index contributed by atoms with van der Waals surface area (Å²) < 4.78 is 0. The number of nitrogens with one attached hydrogen (secondary N) is 1. The van der Waals surface area contributed by atoms with Crippen molar-refractivity contribution in [3.8, 4) is 0 Å². The van der Waals surface area contributed by atoms with Crippen LogP contribution in [0.5, 0.6) is 0 Å². The van der Waals surface area contributed by atoms with Crippen LogP contribution in [0.25, 0.3) is 0 Å². The zero-order valence-corrected chi connectivity index (χ0v) is 11.3. The third-order valence-electron chi connectivity index (χ3n) is 2.80. The highest BCUT2D eigenvalue weighted by molar-refractivity contribution is 7.98. The SMILES string of the molecule is CSc1ccc(NC(=O)N2CCCC2)cc1Cl. The minimum absolute atomic E-state index is 0.0320. The molecule has 1 heterocycles. The van der Waals surface area contributed by atoms with Crippen molar-refractivity contribution in [2.75, 3.05) is 24.7 Å². The molecule has 92 valence electrons. The maximum atomic E-state index is 11.8. The summed E-state index contributed by atoms with van der Waals surface area (Å²) in [5, 5.41) is 3.55. The maximum absolute atomic E-state index is 11.8. The van der Waals surface area contributed by atoms with E-state index in [1.54, 1.807) is 17.8 Å². The van der Waals surface area contributed by atoms with Crippen molar-refractivity contribution < 1.29 is 4.79 Å². The van der Waals surface area contributed by atoms with E-state index in [0.717, 1.165) is 36.5 Å². The normalized spacial score (nSPS) is 15.1. The topological polar surface area (TPSA) is 32.3 Å². The van der Waals surface area contributed by atoms with Gasteiger partial charge in [0.1, 0.15) is 0 Å². The van der Waals surface area contributed by atoms with Gasteiger partial charge in [0.25, 0.3) is 0 Å². The number of anilines is 1. The molecule has 2 amide bonds.